The second-order valence-electron chi connectivity index (χ2n) is 3.65. The molecule has 1 N–H and O–H groups in total. The van der Waals surface area contributed by atoms with E-state index in [1.807, 2.05) is 25.1 Å². The molecule has 0 aliphatic heterocycles. The Morgan fingerprint density at radius 2 is 2.06 bits per heavy atom. The first-order valence-electron chi connectivity index (χ1n) is 4.99. The molecular weight excluding hydrogens is 404 g/mol. The molecule has 1 amide bonds. The summed E-state index contributed by atoms with van der Waals surface area (Å²) in [5.41, 5.74) is 2.19. The van der Waals surface area contributed by atoms with Gasteiger partial charge >= 0.3 is 0 Å². The maximum absolute atomic E-state index is 12.0. The number of benzene rings is 1. The Morgan fingerprint density at radius 3 is 2.61 bits per heavy atom. The fourth-order valence-electron chi connectivity index (χ4n) is 1.45. The van der Waals surface area contributed by atoms with Crippen molar-refractivity contribution in [3.05, 3.63) is 47.6 Å². The molecule has 0 aliphatic carbocycles. The first-order chi connectivity index (χ1) is 8.47. The van der Waals surface area contributed by atoms with Crippen molar-refractivity contribution in [2.24, 2.45) is 0 Å². The molecule has 0 radical (unpaired) electrons. The zero-order chi connectivity index (χ0) is 13.3. The molecule has 2 rings (SSSR count). The van der Waals surface area contributed by atoms with Crippen LogP contribution in [0.5, 0.6) is 0 Å². The topological polar surface area (TPSA) is 29.1 Å². The lowest BCUT2D eigenvalue weighted by Gasteiger charge is -2.08. The van der Waals surface area contributed by atoms with Crippen LogP contribution in [0.25, 0.3) is 0 Å². The quantitative estimate of drug-likeness (QED) is 0.674. The minimum absolute atomic E-state index is 0.243. The summed E-state index contributed by atoms with van der Waals surface area (Å²) in [6.07, 6.45) is 0. The molecule has 0 atom stereocenters. The van der Waals surface area contributed by atoms with Gasteiger partial charge in [0, 0.05) is 9.26 Å². The van der Waals surface area contributed by atoms with Crippen molar-refractivity contribution in [3.63, 3.8) is 0 Å². The summed E-state index contributed by atoms with van der Waals surface area (Å²) >= 11 is 15.2. The van der Waals surface area contributed by atoms with Crippen LogP contribution < -0.4 is 5.32 Å². The van der Waals surface area contributed by atoms with Crippen molar-refractivity contribution in [2.75, 3.05) is 5.32 Å². The second-order valence-corrected chi connectivity index (χ2v) is 7.18. The van der Waals surface area contributed by atoms with E-state index in [-0.39, 0.29) is 5.91 Å². The Hall–Kier alpha value is -0.300. The van der Waals surface area contributed by atoms with Crippen LogP contribution in [0.15, 0.2) is 24.3 Å². The molecule has 0 saturated heterocycles. The van der Waals surface area contributed by atoms with Crippen molar-refractivity contribution in [1.82, 2.24) is 0 Å². The molecular formula is C12H8Cl2INOS. The molecule has 1 heterocycles. The van der Waals surface area contributed by atoms with E-state index < -0.39 is 0 Å². The van der Waals surface area contributed by atoms with E-state index in [2.05, 4.69) is 27.9 Å². The zero-order valence-electron chi connectivity index (χ0n) is 9.26. The molecule has 1 aromatic carbocycles. The lowest BCUT2D eigenvalue weighted by atomic mass is 10.2. The van der Waals surface area contributed by atoms with E-state index in [1.165, 1.54) is 11.3 Å². The van der Waals surface area contributed by atoms with E-state index in [4.69, 9.17) is 23.2 Å². The van der Waals surface area contributed by atoms with Gasteiger partial charge in [-0.3, -0.25) is 4.79 Å². The van der Waals surface area contributed by atoms with Crippen molar-refractivity contribution < 1.29 is 4.79 Å². The summed E-state index contributed by atoms with van der Waals surface area (Å²) < 4.78 is 2.03. The lowest BCUT2D eigenvalue weighted by Crippen LogP contribution is -2.12. The van der Waals surface area contributed by atoms with E-state index in [9.17, 15) is 4.79 Å². The van der Waals surface area contributed by atoms with E-state index in [0.29, 0.717) is 14.2 Å². The monoisotopic (exact) mass is 411 g/mol. The van der Waals surface area contributed by atoms with Gasteiger partial charge in [0.15, 0.2) is 0 Å². The van der Waals surface area contributed by atoms with Crippen molar-refractivity contribution in [2.45, 2.75) is 6.92 Å². The summed E-state index contributed by atoms with van der Waals surface area (Å²) in [6, 6.07) is 7.38. The summed E-state index contributed by atoms with van der Waals surface area (Å²) in [7, 11) is 0. The van der Waals surface area contributed by atoms with Crippen molar-refractivity contribution in [1.29, 1.82) is 0 Å². The minimum Gasteiger partial charge on any atom is -0.322 e. The van der Waals surface area contributed by atoms with Gasteiger partial charge in [-0.2, -0.15) is 0 Å². The SMILES string of the molecule is Cc1cc(I)ccc1NC(=O)c1cc(Cl)sc1Cl. The predicted molar refractivity (Wildman–Crippen MR) is 86.2 cm³/mol. The number of carbonyl (C=O) groups excluding carboxylic acids is 1. The van der Waals surface area contributed by atoms with Crippen LogP contribution in [-0.2, 0) is 0 Å². The van der Waals surface area contributed by atoms with Crippen LogP contribution in [0.2, 0.25) is 8.67 Å². The Bertz CT molecular complexity index is 612. The summed E-state index contributed by atoms with van der Waals surface area (Å²) in [6.45, 7) is 1.94. The van der Waals surface area contributed by atoms with Gasteiger partial charge in [-0.15, -0.1) is 11.3 Å². The first-order valence-corrected chi connectivity index (χ1v) is 7.65. The fourth-order valence-corrected chi connectivity index (χ4v) is 3.56. The van der Waals surface area contributed by atoms with Gasteiger partial charge in [0.2, 0.25) is 0 Å². The Balaban J connectivity index is 2.24. The number of hydrogen-bond donors (Lipinski definition) is 1. The predicted octanol–water partition coefficient (Wildman–Crippen LogP) is 5.22. The molecule has 1 aromatic heterocycles. The van der Waals surface area contributed by atoms with Gasteiger partial charge in [-0.1, -0.05) is 23.2 Å². The third kappa shape index (κ3) is 3.17. The van der Waals surface area contributed by atoms with Crippen LogP contribution in [0.1, 0.15) is 15.9 Å². The summed E-state index contributed by atoms with van der Waals surface area (Å²) in [4.78, 5) is 12.0. The minimum atomic E-state index is -0.243. The van der Waals surface area contributed by atoms with Gasteiger partial charge < -0.3 is 5.32 Å². The second kappa shape index (κ2) is 5.77. The maximum atomic E-state index is 12.0. The highest BCUT2D eigenvalue weighted by Gasteiger charge is 2.15. The summed E-state index contributed by atoms with van der Waals surface area (Å²) in [5, 5.41) is 2.83. The van der Waals surface area contributed by atoms with Gasteiger partial charge in [0.1, 0.15) is 4.34 Å². The summed E-state index contributed by atoms with van der Waals surface area (Å²) in [5.74, 6) is -0.243. The van der Waals surface area contributed by atoms with Crippen LogP contribution in [0, 0.1) is 10.5 Å². The lowest BCUT2D eigenvalue weighted by molar-refractivity contribution is 0.102. The van der Waals surface area contributed by atoms with Crippen molar-refractivity contribution >= 4 is 68.7 Å². The molecule has 0 unspecified atom stereocenters. The molecule has 94 valence electrons. The molecule has 6 heteroatoms. The molecule has 0 spiro atoms. The number of nitrogens with one attached hydrogen (secondary N) is 1. The first kappa shape index (κ1) is 14.1. The number of anilines is 1. The normalized spacial score (nSPS) is 10.4. The number of halogens is 3. The van der Waals surface area contributed by atoms with E-state index in [0.717, 1.165) is 14.8 Å². The van der Waals surface area contributed by atoms with Crippen LogP contribution in [-0.4, -0.2) is 5.91 Å². The van der Waals surface area contributed by atoms with Crippen LogP contribution in [0.4, 0.5) is 5.69 Å². The van der Waals surface area contributed by atoms with Crippen LogP contribution in [0.3, 0.4) is 0 Å². The third-order valence-corrected chi connectivity index (χ3v) is 4.50. The number of aryl methyl sites for hydroxylation is 1. The molecule has 0 fully saturated rings. The highest BCUT2D eigenvalue weighted by molar-refractivity contribution is 14.1. The maximum Gasteiger partial charge on any atom is 0.258 e. The number of rotatable bonds is 2. The highest BCUT2D eigenvalue weighted by Crippen LogP contribution is 2.31. The van der Waals surface area contributed by atoms with E-state index >= 15 is 0 Å². The molecule has 0 aliphatic rings. The zero-order valence-corrected chi connectivity index (χ0v) is 13.7. The van der Waals surface area contributed by atoms with Gasteiger partial charge in [0.25, 0.3) is 5.91 Å². The Labute approximate surface area is 132 Å². The molecule has 0 bridgehead atoms. The standard InChI is InChI=1S/C12H8Cl2INOS/c1-6-4-7(15)2-3-9(6)16-12(17)8-5-10(13)18-11(8)14/h2-5H,1H3,(H,16,17). The average molecular weight is 412 g/mol. The number of hydrogen-bond acceptors (Lipinski definition) is 2. The molecule has 2 aromatic rings. The number of amides is 1. The molecule has 18 heavy (non-hydrogen) atoms. The highest BCUT2D eigenvalue weighted by atomic mass is 127. The van der Waals surface area contributed by atoms with Gasteiger partial charge in [-0.25, -0.2) is 0 Å². The molecule has 0 saturated carbocycles. The molecule has 2 nitrogen and oxygen atoms in total. The Morgan fingerprint density at radius 1 is 1.33 bits per heavy atom. The van der Waals surface area contributed by atoms with Crippen LogP contribution >= 0.6 is 57.1 Å². The average Bonchev–Trinajstić information content (AvgIpc) is 2.62. The van der Waals surface area contributed by atoms with Gasteiger partial charge in [0.05, 0.1) is 9.90 Å². The third-order valence-electron chi connectivity index (χ3n) is 2.34. The van der Waals surface area contributed by atoms with E-state index in [1.54, 1.807) is 6.07 Å². The van der Waals surface area contributed by atoms with Gasteiger partial charge in [-0.05, 0) is 59.3 Å². The number of carbonyl (C=O) groups is 1. The largest absolute Gasteiger partial charge is 0.322 e. The fraction of sp³-hybridized carbons (Fsp3) is 0.0833. The number of thiophene rings is 1. The van der Waals surface area contributed by atoms with Crippen molar-refractivity contribution in [3.8, 4) is 0 Å². The Kier molecular flexibility index (Phi) is 4.53. The smallest absolute Gasteiger partial charge is 0.258 e.